The van der Waals surface area contributed by atoms with Crippen LogP contribution in [0.4, 0.5) is 5.69 Å². The lowest BCUT2D eigenvalue weighted by atomic mass is 10.2. The van der Waals surface area contributed by atoms with Gasteiger partial charge in [0.25, 0.3) is 0 Å². The smallest absolute Gasteiger partial charge is 0.337 e. The Hall–Kier alpha value is -2.20. The number of benzene rings is 2. The van der Waals surface area contributed by atoms with E-state index in [1.54, 1.807) is 18.2 Å². The molecule has 0 aliphatic carbocycles. The van der Waals surface area contributed by atoms with Gasteiger partial charge in [-0.2, -0.15) is 0 Å². The van der Waals surface area contributed by atoms with E-state index in [1.807, 2.05) is 18.2 Å². The number of anilines is 1. The Balaban J connectivity index is 2.11. The highest BCUT2D eigenvalue weighted by Gasteiger charge is 2.09. The molecule has 0 aliphatic heterocycles. The van der Waals surface area contributed by atoms with Gasteiger partial charge in [-0.15, -0.1) is 0 Å². The molecule has 0 spiro atoms. The summed E-state index contributed by atoms with van der Waals surface area (Å²) < 4.78 is 10.2. The molecule has 0 saturated heterocycles. The van der Waals surface area contributed by atoms with Crippen molar-refractivity contribution in [2.75, 3.05) is 12.8 Å². The second-order valence-electron chi connectivity index (χ2n) is 4.12. The Kier molecular flexibility index (Phi) is 4.48. The van der Waals surface area contributed by atoms with Crippen LogP contribution in [-0.2, 0) is 11.3 Å². The Morgan fingerprint density at radius 2 is 2.00 bits per heavy atom. The topological polar surface area (TPSA) is 61.5 Å². The van der Waals surface area contributed by atoms with Crippen LogP contribution in [0, 0.1) is 0 Å². The second kappa shape index (κ2) is 6.30. The van der Waals surface area contributed by atoms with Crippen LogP contribution < -0.4 is 10.5 Å². The van der Waals surface area contributed by atoms with Crippen LogP contribution in [0.25, 0.3) is 0 Å². The highest BCUT2D eigenvalue weighted by Crippen LogP contribution is 2.25. The molecule has 2 aromatic rings. The van der Waals surface area contributed by atoms with Crippen LogP contribution in [0.3, 0.4) is 0 Å². The summed E-state index contributed by atoms with van der Waals surface area (Å²) in [6.45, 7) is 0.307. The van der Waals surface area contributed by atoms with Crippen LogP contribution in [0.5, 0.6) is 5.75 Å². The number of rotatable bonds is 4. The summed E-state index contributed by atoms with van der Waals surface area (Å²) >= 11 is 6.04. The number of nitrogens with two attached hydrogens (primary N) is 1. The molecule has 2 aromatic carbocycles. The van der Waals surface area contributed by atoms with Gasteiger partial charge in [0.1, 0.15) is 12.4 Å². The minimum absolute atomic E-state index is 0.307. The fourth-order valence-electron chi connectivity index (χ4n) is 1.70. The number of carbonyl (C=O) groups excluding carboxylic acids is 1. The zero-order valence-electron chi connectivity index (χ0n) is 10.9. The number of hydrogen-bond donors (Lipinski definition) is 1. The third-order valence-corrected chi connectivity index (χ3v) is 3.14. The van der Waals surface area contributed by atoms with Gasteiger partial charge >= 0.3 is 5.97 Å². The van der Waals surface area contributed by atoms with Gasteiger partial charge in [0.15, 0.2) is 0 Å². The SMILES string of the molecule is COC(=O)c1ccc(OCc2ccccc2Cl)c(N)c1. The number of ether oxygens (including phenoxy) is 2. The molecular weight excluding hydrogens is 278 g/mol. The molecule has 0 aromatic heterocycles. The summed E-state index contributed by atoms with van der Waals surface area (Å²) in [5, 5.41) is 0.636. The average molecular weight is 292 g/mol. The van der Waals surface area contributed by atoms with Gasteiger partial charge in [0, 0.05) is 10.6 Å². The number of nitrogen functional groups attached to an aromatic ring is 1. The van der Waals surface area contributed by atoms with Crippen molar-refractivity contribution in [1.82, 2.24) is 0 Å². The van der Waals surface area contributed by atoms with Gasteiger partial charge in [-0.3, -0.25) is 0 Å². The van der Waals surface area contributed by atoms with Crippen LogP contribution in [-0.4, -0.2) is 13.1 Å². The summed E-state index contributed by atoms with van der Waals surface area (Å²) in [6.07, 6.45) is 0. The van der Waals surface area contributed by atoms with Gasteiger partial charge in [-0.1, -0.05) is 29.8 Å². The van der Waals surface area contributed by atoms with Gasteiger partial charge in [0.05, 0.1) is 18.4 Å². The van der Waals surface area contributed by atoms with Crippen LogP contribution in [0.1, 0.15) is 15.9 Å². The van der Waals surface area contributed by atoms with Crippen molar-refractivity contribution in [1.29, 1.82) is 0 Å². The molecule has 0 amide bonds. The number of hydrogen-bond acceptors (Lipinski definition) is 4. The number of carbonyl (C=O) groups is 1. The summed E-state index contributed by atoms with van der Waals surface area (Å²) in [4.78, 5) is 11.4. The molecule has 5 heteroatoms. The van der Waals surface area contributed by atoms with E-state index in [0.29, 0.717) is 28.6 Å². The van der Waals surface area contributed by atoms with E-state index >= 15 is 0 Å². The van der Waals surface area contributed by atoms with Gasteiger partial charge < -0.3 is 15.2 Å². The first-order valence-corrected chi connectivity index (χ1v) is 6.33. The van der Waals surface area contributed by atoms with Crippen molar-refractivity contribution in [2.24, 2.45) is 0 Å². The van der Waals surface area contributed by atoms with Crippen molar-refractivity contribution in [3.05, 3.63) is 58.6 Å². The van der Waals surface area contributed by atoms with Crippen molar-refractivity contribution in [2.45, 2.75) is 6.61 Å². The average Bonchev–Trinajstić information content (AvgIpc) is 2.46. The van der Waals surface area contributed by atoms with Crippen molar-refractivity contribution >= 4 is 23.3 Å². The fraction of sp³-hybridized carbons (Fsp3) is 0.133. The third kappa shape index (κ3) is 3.22. The first-order chi connectivity index (χ1) is 9.61. The fourth-order valence-corrected chi connectivity index (χ4v) is 1.89. The standard InChI is InChI=1S/C15H14ClNO3/c1-19-15(18)10-6-7-14(13(17)8-10)20-9-11-4-2-3-5-12(11)16/h2-8H,9,17H2,1H3. The number of methoxy groups -OCH3 is 1. The van der Waals surface area contributed by atoms with Crippen molar-refractivity contribution < 1.29 is 14.3 Å². The van der Waals surface area contributed by atoms with E-state index in [-0.39, 0.29) is 0 Å². The molecular formula is C15H14ClNO3. The maximum Gasteiger partial charge on any atom is 0.337 e. The first kappa shape index (κ1) is 14.2. The maximum atomic E-state index is 11.4. The lowest BCUT2D eigenvalue weighted by Gasteiger charge is -2.10. The van der Waals surface area contributed by atoms with E-state index in [9.17, 15) is 4.79 Å². The Morgan fingerprint density at radius 3 is 2.65 bits per heavy atom. The van der Waals surface area contributed by atoms with Crippen LogP contribution >= 0.6 is 11.6 Å². The number of halogens is 1. The van der Waals surface area contributed by atoms with Gasteiger partial charge in [-0.05, 0) is 24.3 Å². The lowest BCUT2D eigenvalue weighted by molar-refractivity contribution is 0.0600. The minimum atomic E-state index is -0.436. The second-order valence-corrected chi connectivity index (χ2v) is 4.53. The molecule has 0 radical (unpaired) electrons. The van der Waals surface area contributed by atoms with E-state index < -0.39 is 5.97 Å². The van der Waals surface area contributed by atoms with E-state index in [0.717, 1.165) is 5.56 Å². The molecule has 0 bridgehead atoms. The third-order valence-electron chi connectivity index (χ3n) is 2.77. The van der Waals surface area contributed by atoms with Gasteiger partial charge in [0.2, 0.25) is 0 Å². The Morgan fingerprint density at radius 1 is 1.25 bits per heavy atom. The molecule has 0 heterocycles. The molecule has 2 N–H and O–H groups in total. The summed E-state index contributed by atoms with van der Waals surface area (Å²) in [7, 11) is 1.32. The molecule has 2 rings (SSSR count). The Labute approximate surface area is 122 Å². The molecule has 0 unspecified atom stereocenters. The largest absolute Gasteiger partial charge is 0.487 e. The molecule has 20 heavy (non-hydrogen) atoms. The molecule has 104 valence electrons. The van der Waals surface area contributed by atoms with Gasteiger partial charge in [-0.25, -0.2) is 4.79 Å². The van der Waals surface area contributed by atoms with E-state index in [2.05, 4.69) is 4.74 Å². The molecule has 0 atom stereocenters. The predicted molar refractivity (Wildman–Crippen MR) is 78.0 cm³/mol. The molecule has 0 aliphatic rings. The quantitative estimate of drug-likeness (QED) is 0.693. The summed E-state index contributed by atoms with van der Waals surface area (Å²) in [5.74, 6) is 0.0620. The Bertz CT molecular complexity index is 628. The normalized spacial score (nSPS) is 10.1. The van der Waals surface area contributed by atoms with Crippen molar-refractivity contribution in [3.63, 3.8) is 0 Å². The van der Waals surface area contributed by atoms with E-state index in [1.165, 1.54) is 13.2 Å². The van der Waals surface area contributed by atoms with Crippen molar-refractivity contribution in [3.8, 4) is 5.75 Å². The lowest BCUT2D eigenvalue weighted by Crippen LogP contribution is -2.04. The molecule has 0 saturated carbocycles. The predicted octanol–water partition coefficient (Wildman–Crippen LogP) is 3.29. The zero-order chi connectivity index (χ0) is 14.5. The molecule has 4 nitrogen and oxygen atoms in total. The van der Waals surface area contributed by atoms with E-state index in [4.69, 9.17) is 22.1 Å². The summed E-state index contributed by atoms with van der Waals surface area (Å²) in [6, 6.07) is 12.2. The minimum Gasteiger partial charge on any atom is -0.487 e. The highest BCUT2D eigenvalue weighted by molar-refractivity contribution is 6.31. The zero-order valence-corrected chi connectivity index (χ0v) is 11.7. The first-order valence-electron chi connectivity index (χ1n) is 5.96. The summed E-state index contributed by atoms with van der Waals surface area (Å²) in [5.41, 5.74) is 7.48. The van der Waals surface area contributed by atoms with Crippen LogP contribution in [0.15, 0.2) is 42.5 Å². The highest BCUT2D eigenvalue weighted by atomic mass is 35.5. The van der Waals surface area contributed by atoms with Crippen LogP contribution in [0.2, 0.25) is 5.02 Å². The maximum absolute atomic E-state index is 11.4. The molecule has 0 fully saturated rings. The number of esters is 1. The monoisotopic (exact) mass is 291 g/mol.